The number of allylic oxidation sites excluding steroid dienone is 2. The fourth-order valence-electron chi connectivity index (χ4n) is 3.68. The van der Waals surface area contributed by atoms with Crippen molar-refractivity contribution >= 4 is 17.9 Å². The molecule has 32 heavy (non-hydrogen) atoms. The average Bonchev–Trinajstić information content (AvgIpc) is 3.16. The van der Waals surface area contributed by atoms with Crippen molar-refractivity contribution in [3.63, 3.8) is 0 Å². The minimum atomic E-state index is -0.0151. The maximum atomic E-state index is 13.1. The number of methoxy groups -OCH3 is 6. The van der Waals surface area contributed by atoms with E-state index < -0.39 is 0 Å². The third kappa shape index (κ3) is 4.51. The van der Waals surface area contributed by atoms with Crippen molar-refractivity contribution in [3.05, 3.63) is 46.5 Å². The van der Waals surface area contributed by atoms with E-state index in [2.05, 4.69) is 0 Å². The van der Waals surface area contributed by atoms with Crippen LogP contribution in [0.25, 0.3) is 12.2 Å². The Labute approximate surface area is 188 Å². The van der Waals surface area contributed by atoms with Gasteiger partial charge in [-0.05, 0) is 37.1 Å². The maximum absolute atomic E-state index is 13.1. The van der Waals surface area contributed by atoms with Crippen molar-refractivity contribution in [3.8, 4) is 34.5 Å². The summed E-state index contributed by atoms with van der Waals surface area (Å²) in [5.74, 6) is 3.44. The van der Waals surface area contributed by atoms with Gasteiger partial charge < -0.3 is 28.4 Å². The number of Topliss-reactive ketones (excluding diaryl/α,β-unsaturated/α-hetero) is 1. The quantitative estimate of drug-likeness (QED) is 0.557. The first kappa shape index (κ1) is 23.1. The molecule has 1 fully saturated rings. The van der Waals surface area contributed by atoms with Crippen molar-refractivity contribution < 1.29 is 33.2 Å². The molecule has 2 aromatic rings. The van der Waals surface area contributed by atoms with Crippen LogP contribution in [0.3, 0.4) is 0 Å². The lowest BCUT2D eigenvalue weighted by Gasteiger charge is -2.13. The zero-order valence-electron chi connectivity index (χ0n) is 19.2. The number of carbonyl (C=O) groups is 1. The SMILES string of the molecule is COc1cc(OC)c(OC)cc1/C=C1/CC/C(=C\c2cc(OC)c(OC)cc2OC)C1=O. The second kappa shape index (κ2) is 10.1. The van der Waals surface area contributed by atoms with Crippen molar-refractivity contribution in [2.45, 2.75) is 12.8 Å². The van der Waals surface area contributed by atoms with Gasteiger partial charge in [0, 0.05) is 34.4 Å². The lowest BCUT2D eigenvalue weighted by atomic mass is 10.0. The zero-order valence-corrected chi connectivity index (χ0v) is 19.2. The van der Waals surface area contributed by atoms with Crippen LogP contribution in [0.15, 0.2) is 35.4 Å². The molecule has 0 aliphatic heterocycles. The molecule has 0 amide bonds. The van der Waals surface area contributed by atoms with E-state index >= 15 is 0 Å². The maximum Gasteiger partial charge on any atom is 0.185 e. The van der Waals surface area contributed by atoms with Gasteiger partial charge in [-0.3, -0.25) is 4.79 Å². The molecule has 170 valence electrons. The van der Waals surface area contributed by atoms with E-state index in [9.17, 15) is 4.79 Å². The predicted molar refractivity (Wildman–Crippen MR) is 122 cm³/mol. The van der Waals surface area contributed by atoms with Crippen molar-refractivity contribution in [1.29, 1.82) is 0 Å². The Morgan fingerprint density at radius 3 is 1.16 bits per heavy atom. The zero-order chi connectivity index (χ0) is 23.3. The monoisotopic (exact) mass is 440 g/mol. The number of hydrogen-bond acceptors (Lipinski definition) is 7. The molecule has 7 heteroatoms. The van der Waals surface area contributed by atoms with E-state index in [0.29, 0.717) is 58.5 Å². The van der Waals surface area contributed by atoms with Crippen molar-refractivity contribution in [1.82, 2.24) is 0 Å². The first-order chi connectivity index (χ1) is 15.5. The Morgan fingerprint density at radius 2 is 0.844 bits per heavy atom. The number of rotatable bonds is 8. The fourth-order valence-corrected chi connectivity index (χ4v) is 3.68. The van der Waals surface area contributed by atoms with Gasteiger partial charge in [0.25, 0.3) is 0 Å². The molecule has 0 N–H and O–H groups in total. The van der Waals surface area contributed by atoms with Gasteiger partial charge in [-0.2, -0.15) is 0 Å². The van der Waals surface area contributed by atoms with Gasteiger partial charge in [0.15, 0.2) is 28.8 Å². The highest BCUT2D eigenvalue weighted by Crippen LogP contribution is 2.39. The van der Waals surface area contributed by atoms with Crippen molar-refractivity contribution in [2.24, 2.45) is 0 Å². The van der Waals surface area contributed by atoms with Gasteiger partial charge in [0.1, 0.15) is 11.5 Å². The minimum absolute atomic E-state index is 0.0151. The van der Waals surface area contributed by atoms with E-state index in [1.165, 1.54) is 0 Å². The number of ether oxygens (including phenoxy) is 6. The predicted octanol–water partition coefficient (Wildman–Crippen LogP) is 4.57. The molecule has 7 nitrogen and oxygen atoms in total. The van der Waals surface area contributed by atoms with Gasteiger partial charge in [-0.15, -0.1) is 0 Å². The number of hydrogen-bond donors (Lipinski definition) is 0. The summed E-state index contributed by atoms with van der Waals surface area (Å²) in [7, 11) is 9.42. The van der Waals surface area contributed by atoms with Crippen LogP contribution in [-0.2, 0) is 4.79 Å². The molecule has 0 spiro atoms. The van der Waals surface area contributed by atoms with Crippen LogP contribution in [-0.4, -0.2) is 48.4 Å². The van der Waals surface area contributed by atoms with Crippen LogP contribution in [0.5, 0.6) is 34.5 Å². The van der Waals surface area contributed by atoms with Crippen LogP contribution in [0, 0.1) is 0 Å². The van der Waals surface area contributed by atoms with Crippen LogP contribution in [0.4, 0.5) is 0 Å². The average molecular weight is 440 g/mol. The van der Waals surface area contributed by atoms with Gasteiger partial charge in [0.2, 0.25) is 0 Å². The Balaban J connectivity index is 1.98. The summed E-state index contributed by atoms with van der Waals surface area (Å²) in [6.07, 6.45) is 4.93. The third-order valence-corrected chi connectivity index (χ3v) is 5.38. The highest BCUT2D eigenvalue weighted by molar-refractivity contribution is 6.15. The molecule has 0 atom stereocenters. The Kier molecular flexibility index (Phi) is 7.30. The first-order valence-corrected chi connectivity index (χ1v) is 10.0. The molecule has 1 aliphatic rings. The number of carbonyl (C=O) groups excluding carboxylic acids is 1. The second-order valence-corrected chi connectivity index (χ2v) is 7.07. The molecule has 2 aromatic carbocycles. The highest BCUT2D eigenvalue weighted by atomic mass is 16.5. The minimum Gasteiger partial charge on any atom is -0.496 e. The van der Waals surface area contributed by atoms with E-state index in [0.717, 1.165) is 11.1 Å². The van der Waals surface area contributed by atoms with Gasteiger partial charge >= 0.3 is 0 Å². The standard InChI is InChI=1S/C25H28O7/c1-27-19-13-23(31-5)21(29-3)11-17(19)9-15-7-8-16(25(15)26)10-18-12-22(30-4)24(32-6)14-20(18)28-2/h9-14H,7-8H2,1-6H3/b15-9-,16-10+. The normalized spacial score (nSPS) is 15.8. The summed E-state index contributed by atoms with van der Waals surface area (Å²) in [5.41, 5.74) is 2.89. The lowest BCUT2D eigenvalue weighted by molar-refractivity contribution is -0.111. The molecule has 0 radical (unpaired) electrons. The summed E-state index contributed by atoms with van der Waals surface area (Å²) in [4.78, 5) is 13.1. The van der Waals surface area contributed by atoms with Crippen LogP contribution in [0.1, 0.15) is 24.0 Å². The van der Waals surface area contributed by atoms with E-state index in [-0.39, 0.29) is 5.78 Å². The van der Waals surface area contributed by atoms with Gasteiger partial charge in [0.05, 0.1) is 42.7 Å². The number of benzene rings is 2. The summed E-state index contributed by atoms with van der Waals surface area (Å²) in [6, 6.07) is 7.10. The lowest BCUT2D eigenvalue weighted by Crippen LogP contribution is -1.99. The molecular formula is C25H28O7. The van der Waals surface area contributed by atoms with Crippen LogP contribution in [0.2, 0.25) is 0 Å². The third-order valence-electron chi connectivity index (χ3n) is 5.38. The van der Waals surface area contributed by atoms with E-state index in [1.807, 2.05) is 12.2 Å². The smallest absolute Gasteiger partial charge is 0.185 e. The number of ketones is 1. The van der Waals surface area contributed by atoms with Crippen LogP contribution < -0.4 is 28.4 Å². The van der Waals surface area contributed by atoms with Crippen LogP contribution >= 0.6 is 0 Å². The molecule has 0 heterocycles. The summed E-state index contributed by atoms with van der Waals surface area (Å²) >= 11 is 0. The fraction of sp³-hybridized carbons (Fsp3) is 0.320. The molecule has 0 saturated heterocycles. The molecule has 3 rings (SSSR count). The molecule has 1 saturated carbocycles. The van der Waals surface area contributed by atoms with E-state index in [4.69, 9.17) is 28.4 Å². The first-order valence-electron chi connectivity index (χ1n) is 10.0. The van der Waals surface area contributed by atoms with Crippen molar-refractivity contribution in [2.75, 3.05) is 42.7 Å². The molecule has 1 aliphatic carbocycles. The highest BCUT2D eigenvalue weighted by Gasteiger charge is 2.25. The molecule has 0 bridgehead atoms. The van der Waals surface area contributed by atoms with E-state index in [1.54, 1.807) is 66.9 Å². The van der Waals surface area contributed by atoms with Gasteiger partial charge in [-0.25, -0.2) is 0 Å². The Bertz CT molecular complexity index is 983. The topological polar surface area (TPSA) is 72.5 Å². The summed E-state index contributed by atoms with van der Waals surface area (Å²) in [5, 5.41) is 0. The van der Waals surface area contributed by atoms with Gasteiger partial charge in [-0.1, -0.05) is 0 Å². The molecule has 0 aromatic heterocycles. The molecular weight excluding hydrogens is 412 g/mol. The summed E-state index contributed by atoms with van der Waals surface area (Å²) in [6.45, 7) is 0. The Morgan fingerprint density at radius 1 is 0.531 bits per heavy atom. The Hall–Kier alpha value is -3.61. The molecule has 0 unspecified atom stereocenters. The summed E-state index contributed by atoms with van der Waals surface area (Å²) < 4.78 is 32.4. The second-order valence-electron chi connectivity index (χ2n) is 7.07. The largest absolute Gasteiger partial charge is 0.496 e.